The number of rotatable bonds is 4. The smallest absolute Gasteiger partial charge is 0.140 e. The molecule has 21 heavy (non-hydrogen) atoms. The lowest BCUT2D eigenvalue weighted by Crippen LogP contribution is -2.42. The third-order valence-corrected chi connectivity index (χ3v) is 4.57. The summed E-state index contributed by atoms with van der Waals surface area (Å²) in [6, 6.07) is 7.73. The van der Waals surface area contributed by atoms with Crippen molar-refractivity contribution in [1.82, 2.24) is 0 Å². The first-order chi connectivity index (χ1) is 10.2. The van der Waals surface area contributed by atoms with E-state index in [9.17, 15) is 4.79 Å². The van der Waals surface area contributed by atoms with Gasteiger partial charge in [0.15, 0.2) is 0 Å². The van der Waals surface area contributed by atoms with Crippen molar-refractivity contribution in [1.29, 1.82) is 0 Å². The van der Waals surface area contributed by atoms with Crippen molar-refractivity contribution in [3.05, 3.63) is 29.8 Å². The maximum atomic E-state index is 12.6. The van der Waals surface area contributed by atoms with E-state index < -0.39 is 0 Å². The highest BCUT2D eigenvalue weighted by Gasteiger charge is 2.42. The number of methoxy groups -OCH3 is 1. The van der Waals surface area contributed by atoms with Crippen LogP contribution in [-0.4, -0.2) is 38.3 Å². The molecule has 2 fully saturated rings. The van der Waals surface area contributed by atoms with Gasteiger partial charge in [-0.2, -0.15) is 0 Å². The van der Waals surface area contributed by atoms with Gasteiger partial charge in [0.1, 0.15) is 11.5 Å². The molecule has 0 aliphatic carbocycles. The quantitative estimate of drug-likeness (QED) is 0.854. The van der Waals surface area contributed by atoms with Crippen molar-refractivity contribution >= 4 is 5.78 Å². The fraction of sp³-hybridized carbons (Fsp3) is 0.588. The number of para-hydroxylation sites is 1. The molecule has 0 amide bonds. The Morgan fingerprint density at radius 2 is 2.24 bits per heavy atom. The molecule has 114 valence electrons. The number of ether oxygens (including phenoxy) is 3. The lowest BCUT2D eigenvalue weighted by Gasteiger charge is -2.36. The van der Waals surface area contributed by atoms with E-state index in [0.717, 1.165) is 37.2 Å². The van der Waals surface area contributed by atoms with Crippen LogP contribution in [0.1, 0.15) is 24.8 Å². The van der Waals surface area contributed by atoms with Crippen molar-refractivity contribution in [2.75, 3.05) is 26.9 Å². The Morgan fingerprint density at radius 1 is 1.38 bits per heavy atom. The summed E-state index contributed by atoms with van der Waals surface area (Å²) in [5.41, 5.74) is 0.757. The van der Waals surface area contributed by atoms with E-state index in [-0.39, 0.29) is 17.3 Å². The molecule has 1 spiro atoms. The summed E-state index contributed by atoms with van der Waals surface area (Å²) in [6.45, 7) is 2.03. The molecule has 4 nitrogen and oxygen atoms in total. The summed E-state index contributed by atoms with van der Waals surface area (Å²) < 4.78 is 16.7. The van der Waals surface area contributed by atoms with Gasteiger partial charge in [0.25, 0.3) is 0 Å². The van der Waals surface area contributed by atoms with E-state index in [4.69, 9.17) is 14.2 Å². The first kappa shape index (κ1) is 14.5. The standard InChI is InChI=1S/C17H22O4/c1-19-16-5-3-2-4-13(16)10-15(18)14-6-8-21-17(11-14)7-9-20-12-17/h2-5,14H,6-12H2,1H3. The Bertz CT molecular complexity index is 505. The third-order valence-electron chi connectivity index (χ3n) is 4.57. The zero-order valence-electron chi connectivity index (χ0n) is 12.5. The molecule has 0 N–H and O–H groups in total. The van der Waals surface area contributed by atoms with Gasteiger partial charge in [0, 0.05) is 37.5 Å². The maximum Gasteiger partial charge on any atom is 0.140 e. The molecule has 0 aromatic heterocycles. The molecule has 2 aliphatic rings. The molecular formula is C17H22O4. The van der Waals surface area contributed by atoms with Gasteiger partial charge in [-0.25, -0.2) is 0 Å². The predicted molar refractivity (Wildman–Crippen MR) is 78.5 cm³/mol. The Morgan fingerprint density at radius 3 is 3.00 bits per heavy atom. The van der Waals surface area contributed by atoms with Crippen molar-refractivity contribution in [2.45, 2.75) is 31.3 Å². The average molecular weight is 290 g/mol. The van der Waals surface area contributed by atoms with Crippen molar-refractivity contribution < 1.29 is 19.0 Å². The molecule has 3 rings (SSSR count). The summed E-state index contributed by atoms with van der Waals surface area (Å²) in [7, 11) is 1.64. The largest absolute Gasteiger partial charge is 0.496 e. The number of Topliss-reactive ketones (excluding diaryl/α,β-unsaturated/α-hetero) is 1. The van der Waals surface area contributed by atoms with Crippen LogP contribution in [0, 0.1) is 5.92 Å². The fourth-order valence-corrected chi connectivity index (χ4v) is 3.35. The second-order valence-corrected chi connectivity index (χ2v) is 5.98. The van der Waals surface area contributed by atoms with E-state index >= 15 is 0 Å². The van der Waals surface area contributed by atoms with Gasteiger partial charge in [0.2, 0.25) is 0 Å². The van der Waals surface area contributed by atoms with E-state index in [1.165, 1.54) is 0 Å². The van der Waals surface area contributed by atoms with Crippen molar-refractivity contribution in [3.63, 3.8) is 0 Å². The van der Waals surface area contributed by atoms with E-state index in [2.05, 4.69) is 0 Å². The Balaban J connectivity index is 1.67. The molecule has 2 atom stereocenters. The summed E-state index contributed by atoms with van der Waals surface area (Å²) in [4.78, 5) is 12.6. The number of benzene rings is 1. The highest BCUT2D eigenvalue weighted by atomic mass is 16.6. The molecule has 0 bridgehead atoms. The zero-order chi connectivity index (χ0) is 14.7. The predicted octanol–water partition coefficient (Wildman–Crippen LogP) is 2.39. The van der Waals surface area contributed by atoms with Crippen LogP contribution in [0.5, 0.6) is 5.75 Å². The normalized spacial score (nSPS) is 28.7. The molecule has 0 radical (unpaired) electrons. The maximum absolute atomic E-state index is 12.6. The highest BCUT2D eigenvalue weighted by Crippen LogP contribution is 2.36. The highest BCUT2D eigenvalue weighted by molar-refractivity contribution is 5.84. The molecule has 0 saturated carbocycles. The molecule has 1 aromatic carbocycles. The van der Waals surface area contributed by atoms with Crippen LogP contribution in [0.15, 0.2) is 24.3 Å². The number of hydrogen-bond acceptors (Lipinski definition) is 4. The minimum atomic E-state index is -0.209. The van der Waals surface area contributed by atoms with Crippen LogP contribution in [-0.2, 0) is 20.7 Å². The zero-order valence-corrected chi connectivity index (χ0v) is 12.5. The van der Waals surface area contributed by atoms with Crippen LogP contribution in [0.4, 0.5) is 0 Å². The number of hydrogen-bond donors (Lipinski definition) is 0. The lowest BCUT2D eigenvalue weighted by atomic mass is 9.81. The topological polar surface area (TPSA) is 44.8 Å². The van der Waals surface area contributed by atoms with Gasteiger partial charge in [-0.1, -0.05) is 18.2 Å². The molecule has 2 aliphatic heterocycles. The molecule has 2 heterocycles. The molecule has 4 heteroatoms. The summed E-state index contributed by atoms with van der Waals surface area (Å²) in [5, 5.41) is 0. The number of carbonyl (C=O) groups is 1. The van der Waals surface area contributed by atoms with Gasteiger partial charge in [-0.05, 0) is 18.9 Å². The van der Waals surface area contributed by atoms with Crippen molar-refractivity contribution in [3.8, 4) is 5.75 Å². The monoisotopic (exact) mass is 290 g/mol. The SMILES string of the molecule is COc1ccccc1CC(=O)C1CCOC2(CCOC2)C1. The van der Waals surface area contributed by atoms with Crippen LogP contribution in [0.3, 0.4) is 0 Å². The van der Waals surface area contributed by atoms with E-state index in [1.807, 2.05) is 24.3 Å². The Labute approximate surface area is 125 Å². The van der Waals surface area contributed by atoms with Gasteiger partial charge in [-0.15, -0.1) is 0 Å². The van der Waals surface area contributed by atoms with Crippen LogP contribution >= 0.6 is 0 Å². The molecule has 2 saturated heterocycles. The number of ketones is 1. The Kier molecular flexibility index (Phi) is 4.27. The second kappa shape index (κ2) is 6.16. The molecular weight excluding hydrogens is 268 g/mol. The summed E-state index contributed by atoms with van der Waals surface area (Å²) >= 11 is 0. The first-order valence-electron chi connectivity index (χ1n) is 7.59. The average Bonchev–Trinajstić information content (AvgIpc) is 2.95. The van der Waals surface area contributed by atoms with E-state index in [1.54, 1.807) is 7.11 Å². The van der Waals surface area contributed by atoms with Crippen LogP contribution in [0.25, 0.3) is 0 Å². The summed E-state index contributed by atoms with van der Waals surface area (Å²) in [6.07, 6.45) is 2.95. The van der Waals surface area contributed by atoms with E-state index in [0.29, 0.717) is 19.6 Å². The van der Waals surface area contributed by atoms with Gasteiger partial charge >= 0.3 is 0 Å². The van der Waals surface area contributed by atoms with Gasteiger partial charge < -0.3 is 14.2 Å². The fourth-order valence-electron chi connectivity index (χ4n) is 3.35. The minimum Gasteiger partial charge on any atom is -0.496 e. The molecule has 1 aromatic rings. The van der Waals surface area contributed by atoms with Crippen molar-refractivity contribution in [2.24, 2.45) is 5.92 Å². The number of carbonyl (C=O) groups excluding carboxylic acids is 1. The Hall–Kier alpha value is -1.39. The minimum absolute atomic E-state index is 0.0744. The lowest BCUT2D eigenvalue weighted by molar-refractivity contribution is -0.136. The van der Waals surface area contributed by atoms with Gasteiger partial charge in [-0.3, -0.25) is 4.79 Å². The van der Waals surface area contributed by atoms with Gasteiger partial charge in [0.05, 0.1) is 19.3 Å². The van der Waals surface area contributed by atoms with Crippen LogP contribution < -0.4 is 4.74 Å². The second-order valence-electron chi connectivity index (χ2n) is 5.98. The first-order valence-corrected chi connectivity index (χ1v) is 7.59. The van der Waals surface area contributed by atoms with Crippen LogP contribution in [0.2, 0.25) is 0 Å². The molecule has 2 unspecified atom stereocenters. The third kappa shape index (κ3) is 3.11. The summed E-state index contributed by atoms with van der Waals surface area (Å²) in [5.74, 6) is 1.15.